The maximum absolute atomic E-state index is 13.2. The van der Waals surface area contributed by atoms with Gasteiger partial charge in [-0.05, 0) is 44.7 Å². The van der Waals surface area contributed by atoms with Crippen molar-refractivity contribution in [2.45, 2.75) is 44.9 Å². The van der Waals surface area contributed by atoms with E-state index >= 15 is 0 Å². The van der Waals surface area contributed by atoms with Crippen molar-refractivity contribution in [3.8, 4) is 0 Å². The van der Waals surface area contributed by atoms with Crippen molar-refractivity contribution in [3.63, 3.8) is 0 Å². The van der Waals surface area contributed by atoms with E-state index in [0.29, 0.717) is 48.4 Å². The van der Waals surface area contributed by atoms with Crippen LogP contribution in [0.2, 0.25) is 0 Å². The van der Waals surface area contributed by atoms with Crippen molar-refractivity contribution in [2.75, 3.05) is 26.2 Å². The van der Waals surface area contributed by atoms with Gasteiger partial charge in [-0.1, -0.05) is 18.2 Å². The summed E-state index contributed by atoms with van der Waals surface area (Å²) in [6.45, 7) is 4.75. The number of carbonyl (C=O) groups is 2. The van der Waals surface area contributed by atoms with E-state index in [2.05, 4.69) is 10.1 Å². The molecule has 172 valence electrons. The number of hydrogen-bond acceptors (Lipinski definition) is 4. The van der Waals surface area contributed by atoms with E-state index < -0.39 is 0 Å². The largest absolute Gasteiger partial charge is 0.343 e. The molecule has 1 atom stereocenters. The summed E-state index contributed by atoms with van der Waals surface area (Å²) in [5.74, 6) is 0.266. The summed E-state index contributed by atoms with van der Waals surface area (Å²) < 4.78 is 1.49. The van der Waals surface area contributed by atoms with E-state index in [9.17, 15) is 14.4 Å². The molecule has 0 spiro atoms. The standard InChI is InChI=1S/C25H29N5O3/c1-17-20(9-10-23(31)28-12-5-6-13-28)25(33)30-22(26-17)15-21(27-30)19-11-14-29(16-19)24(32)18-7-3-2-4-8-18/h2-4,7-8,15,19,27H,5-6,9-14,16H2,1H3. The Hall–Kier alpha value is -3.42. The van der Waals surface area contributed by atoms with Gasteiger partial charge in [0.1, 0.15) is 0 Å². The van der Waals surface area contributed by atoms with Crippen LogP contribution in [0.25, 0.3) is 5.65 Å². The van der Waals surface area contributed by atoms with Crippen molar-refractivity contribution in [1.82, 2.24) is 24.4 Å². The number of carbonyl (C=O) groups excluding carboxylic acids is 2. The number of hydrogen-bond donors (Lipinski definition) is 1. The number of aromatic amines is 1. The van der Waals surface area contributed by atoms with Crippen LogP contribution in [0.15, 0.2) is 41.2 Å². The van der Waals surface area contributed by atoms with Gasteiger partial charge in [0, 0.05) is 67.1 Å². The molecule has 8 heteroatoms. The van der Waals surface area contributed by atoms with Gasteiger partial charge in [-0.2, -0.15) is 0 Å². The lowest BCUT2D eigenvalue weighted by atomic mass is 10.1. The molecule has 0 aliphatic carbocycles. The predicted octanol–water partition coefficient (Wildman–Crippen LogP) is 2.52. The Kier molecular flexibility index (Phi) is 5.74. The van der Waals surface area contributed by atoms with Crippen LogP contribution in [0.4, 0.5) is 0 Å². The number of rotatable bonds is 5. The topological polar surface area (TPSA) is 90.8 Å². The third-order valence-electron chi connectivity index (χ3n) is 6.92. The molecule has 8 nitrogen and oxygen atoms in total. The van der Waals surface area contributed by atoms with Crippen molar-refractivity contribution in [3.05, 3.63) is 69.3 Å². The summed E-state index contributed by atoms with van der Waals surface area (Å²) in [6, 6.07) is 11.2. The zero-order valence-electron chi connectivity index (χ0n) is 18.9. The minimum absolute atomic E-state index is 0.0327. The fourth-order valence-corrected chi connectivity index (χ4v) is 5.00. The molecule has 2 aliphatic rings. The molecule has 1 aromatic carbocycles. The number of amides is 2. The van der Waals surface area contributed by atoms with E-state index in [1.54, 1.807) is 0 Å². The molecule has 1 unspecified atom stereocenters. The second-order valence-electron chi connectivity index (χ2n) is 9.08. The molecule has 2 amide bonds. The molecule has 0 radical (unpaired) electrons. The molecule has 1 N–H and O–H groups in total. The fourth-order valence-electron chi connectivity index (χ4n) is 5.00. The first-order valence-electron chi connectivity index (χ1n) is 11.7. The lowest BCUT2D eigenvalue weighted by Gasteiger charge is -2.16. The number of nitrogens with zero attached hydrogens (tertiary/aromatic N) is 4. The number of benzene rings is 1. The van der Waals surface area contributed by atoms with Crippen LogP contribution in [0.3, 0.4) is 0 Å². The molecule has 0 bridgehead atoms. The Balaban J connectivity index is 1.32. The number of nitrogens with one attached hydrogen (secondary N) is 1. The summed E-state index contributed by atoms with van der Waals surface area (Å²) >= 11 is 0. The number of aromatic nitrogens is 3. The van der Waals surface area contributed by atoms with Gasteiger partial charge in [-0.15, -0.1) is 0 Å². The van der Waals surface area contributed by atoms with Crippen molar-refractivity contribution >= 4 is 17.5 Å². The predicted molar refractivity (Wildman–Crippen MR) is 124 cm³/mol. The van der Waals surface area contributed by atoms with Crippen molar-refractivity contribution < 1.29 is 9.59 Å². The Labute approximate surface area is 192 Å². The minimum atomic E-state index is -0.145. The first-order chi connectivity index (χ1) is 16.0. The van der Waals surface area contributed by atoms with E-state index in [-0.39, 0.29) is 23.3 Å². The van der Waals surface area contributed by atoms with Gasteiger partial charge < -0.3 is 9.80 Å². The molecule has 2 fully saturated rings. The van der Waals surface area contributed by atoms with Crippen LogP contribution in [0.5, 0.6) is 0 Å². The summed E-state index contributed by atoms with van der Waals surface area (Å²) in [5.41, 5.74) is 3.29. The molecule has 2 saturated heterocycles. The molecule has 2 aromatic heterocycles. The highest BCUT2D eigenvalue weighted by Crippen LogP contribution is 2.28. The second-order valence-corrected chi connectivity index (χ2v) is 9.08. The highest BCUT2D eigenvalue weighted by Gasteiger charge is 2.29. The lowest BCUT2D eigenvalue weighted by Crippen LogP contribution is -2.29. The maximum Gasteiger partial charge on any atom is 0.276 e. The smallest absolute Gasteiger partial charge is 0.276 e. The number of fused-ring (bicyclic) bond motifs is 1. The third-order valence-corrected chi connectivity index (χ3v) is 6.92. The van der Waals surface area contributed by atoms with E-state index in [0.717, 1.165) is 38.0 Å². The van der Waals surface area contributed by atoms with Crippen molar-refractivity contribution in [2.24, 2.45) is 0 Å². The molecule has 5 rings (SSSR count). The molecular formula is C25H29N5O3. The Morgan fingerprint density at radius 2 is 1.85 bits per heavy atom. The average molecular weight is 448 g/mol. The summed E-state index contributed by atoms with van der Waals surface area (Å²) in [6.07, 6.45) is 3.67. The molecule has 33 heavy (non-hydrogen) atoms. The van der Waals surface area contributed by atoms with E-state index in [1.807, 2.05) is 53.1 Å². The van der Waals surface area contributed by atoms with Gasteiger partial charge in [0.05, 0.1) is 0 Å². The van der Waals surface area contributed by atoms with Gasteiger partial charge in [0.25, 0.3) is 11.5 Å². The Morgan fingerprint density at radius 3 is 2.61 bits per heavy atom. The lowest BCUT2D eigenvalue weighted by molar-refractivity contribution is -0.130. The molecule has 2 aliphatic heterocycles. The number of aryl methyl sites for hydroxylation is 1. The highest BCUT2D eigenvalue weighted by molar-refractivity contribution is 5.94. The van der Waals surface area contributed by atoms with Gasteiger partial charge >= 0.3 is 0 Å². The monoisotopic (exact) mass is 447 g/mol. The number of H-pyrrole nitrogens is 1. The van der Waals surface area contributed by atoms with Gasteiger partial charge in [-0.25, -0.2) is 9.50 Å². The summed E-state index contributed by atoms with van der Waals surface area (Å²) in [4.78, 5) is 46.8. The SMILES string of the molecule is Cc1nc2cc(C3CCN(C(=O)c4ccccc4)C3)[nH]n2c(=O)c1CCC(=O)N1CCCC1. The molecule has 0 saturated carbocycles. The fraction of sp³-hybridized carbons (Fsp3) is 0.440. The van der Waals surface area contributed by atoms with Gasteiger partial charge in [0.2, 0.25) is 5.91 Å². The first kappa shape index (κ1) is 21.4. The number of likely N-dealkylation sites (tertiary alicyclic amines) is 2. The van der Waals surface area contributed by atoms with E-state index in [1.165, 1.54) is 4.52 Å². The van der Waals surface area contributed by atoms with Crippen LogP contribution in [0, 0.1) is 6.92 Å². The summed E-state index contributed by atoms with van der Waals surface area (Å²) in [5, 5.41) is 3.22. The van der Waals surface area contributed by atoms with Crippen molar-refractivity contribution in [1.29, 1.82) is 0 Å². The zero-order chi connectivity index (χ0) is 22.9. The molecule has 4 heterocycles. The third kappa shape index (κ3) is 4.17. The Bertz CT molecular complexity index is 1240. The van der Waals surface area contributed by atoms with Crippen LogP contribution >= 0.6 is 0 Å². The molecular weight excluding hydrogens is 418 g/mol. The first-order valence-corrected chi connectivity index (χ1v) is 11.7. The second kappa shape index (κ2) is 8.84. The van der Waals surface area contributed by atoms with Crippen LogP contribution in [0.1, 0.15) is 58.9 Å². The van der Waals surface area contributed by atoms with Gasteiger partial charge in [0.15, 0.2) is 5.65 Å². The Morgan fingerprint density at radius 1 is 1.09 bits per heavy atom. The van der Waals surface area contributed by atoms with Crippen LogP contribution < -0.4 is 5.56 Å². The zero-order valence-corrected chi connectivity index (χ0v) is 18.9. The maximum atomic E-state index is 13.2. The summed E-state index contributed by atoms with van der Waals surface area (Å²) in [7, 11) is 0. The highest BCUT2D eigenvalue weighted by atomic mass is 16.2. The van der Waals surface area contributed by atoms with Crippen LogP contribution in [-0.4, -0.2) is 62.4 Å². The minimum Gasteiger partial charge on any atom is -0.343 e. The van der Waals surface area contributed by atoms with Crippen LogP contribution in [-0.2, 0) is 11.2 Å². The van der Waals surface area contributed by atoms with E-state index in [4.69, 9.17) is 0 Å². The normalized spacial score (nSPS) is 18.4. The quantitative estimate of drug-likeness (QED) is 0.651. The molecule has 3 aromatic rings. The van der Waals surface area contributed by atoms with Gasteiger partial charge in [-0.3, -0.25) is 19.5 Å². The average Bonchev–Trinajstić information content (AvgIpc) is 3.59.